The molecule has 2 N–H and O–H groups in total. The van der Waals surface area contributed by atoms with Crippen LogP contribution in [-0.4, -0.2) is 45.7 Å². The quantitative estimate of drug-likeness (QED) is 0.675. The molecule has 30 heavy (non-hydrogen) atoms. The van der Waals surface area contributed by atoms with E-state index in [2.05, 4.69) is 15.2 Å². The number of anilines is 1. The van der Waals surface area contributed by atoms with Crippen molar-refractivity contribution in [3.8, 4) is 11.4 Å². The number of sulfonamides is 1. The van der Waals surface area contributed by atoms with Gasteiger partial charge in [-0.3, -0.25) is 0 Å². The molecule has 0 spiro atoms. The number of nitrogen functional groups attached to an aromatic ring is 1. The fourth-order valence-corrected chi connectivity index (χ4v) is 5.15. The van der Waals surface area contributed by atoms with Crippen LogP contribution in [0, 0.1) is 0 Å². The second kappa shape index (κ2) is 7.51. The Kier molecular flexibility index (Phi) is 5.15. The van der Waals surface area contributed by atoms with Gasteiger partial charge in [0, 0.05) is 19.0 Å². The van der Waals surface area contributed by atoms with Crippen molar-refractivity contribution in [2.24, 2.45) is 0 Å². The molecule has 0 radical (unpaired) electrons. The number of hydrogen-bond donors (Lipinski definition) is 1. The van der Waals surface area contributed by atoms with E-state index in [4.69, 9.17) is 10.3 Å². The van der Waals surface area contributed by atoms with E-state index in [0.717, 1.165) is 0 Å². The number of hydrogen-bond acceptors (Lipinski definition) is 7. The van der Waals surface area contributed by atoms with Gasteiger partial charge in [0.1, 0.15) is 5.82 Å². The van der Waals surface area contributed by atoms with Gasteiger partial charge < -0.3 is 10.3 Å². The fraction of sp³-hybridized carbons (Fsp3) is 0.450. The number of piperidine rings is 1. The van der Waals surface area contributed by atoms with Crippen LogP contribution in [0.3, 0.4) is 0 Å². The maximum atomic E-state index is 12.8. The third-order valence-electron chi connectivity index (χ3n) is 5.31. The fourth-order valence-electron chi connectivity index (χ4n) is 3.66. The van der Waals surface area contributed by atoms with Gasteiger partial charge in [-0.15, -0.1) is 0 Å². The third kappa shape index (κ3) is 3.72. The molecule has 0 amide bonds. The Morgan fingerprint density at radius 2 is 1.80 bits per heavy atom. The summed E-state index contributed by atoms with van der Waals surface area (Å²) in [4.78, 5) is 4.84. The molecule has 3 aromatic rings. The Morgan fingerprint density at radius 1 is 1.13 bits per heavy atom. The first-order valence-corrected chi connectivity index (χ1v) is 11.3. The van der Waals surface area contributed by atoms with Gasteiger partial charge in [0.05, 0.1) is 22.2 Å². The minimum absolute atomic E-state index is 0.00681. The second-order valence-corrected chi connectivity index (χ2v) is 10.4. The zero-order valence-electron chi connectivity index (χ0n) is 17.3. The molecule has 160 valence electrons. The Hall–Kier alpha value is -2.72. The molecule has 1 aliphatic rings. The lowest BCUT2D eigenvalue weighted by molar-refractivity contribution is 0.271. The van der Waals surface area contributed by atoms with Crippen LogP contribution in [0.5, 0.6) is 0 Å². The minimum atomic E-state index is -3.48. The van der Waals surface area contributed by atoms with Crippen molar-refractivity contribution in [3.05, 3.63) is 42.4 Å². The zero-order valence-corrected chi connectivity index (χ0v) is 18.1. The highest BCUT2D eigenvalue weighted by atomic mass is 32.2. The predicted molar refractivity (Wildman–Crippen MR) is 112 cm³/mol. The van der Waals surface area contributed by atoms with Crippen LogP contribution in [0.4, 0.5) is 5.82 Å². The van der Waals surface area contributed by atoms with E-state index in [-0.39, 0.29) is 11.5 Å². The largest absolute Gasteiger partial charge is 0.383 e. The van der Waals surface area contributed by atoms with Crippen molar-refractivity contribution >= 4 is 15.8 Å². The number of aromatic nitrogens is 4. The molecule has 2 aromatic heterocycles. The zero-order chi connectivity index (χ0) is 21.5. The second-order valence-electron chi connectivity index (χ2n) is 8.47. The van der Waals surface area contributed by atoms with Gasteiger partial charge in [0.2, 0.25) is 21.7 Å². The molecule has 1 aromatic carbocycles. The van der Waals surface area contributed by atoms with Gasteiger partial charge in [0.15, 0.2) is 0 Å². The van der Waals surface area contributed by atoms with E-state index in [0.29, 0.717) is 53.9 Å². The molecule has 4 rings (SSSR count). The Morgan fingerprint density at radius 3 is 2.40 bits per heavy atom. The first kappa shape index (κ1) is 20.5. The Labute approximate surface area is 175 Å². The van der Waals surface area contributed by atoms with Crippen LogP contribution in [-0.2, 0) is 15.6 Å². The van der Waals surface area contributed by atoms with Gasteiger partial charge in [-0.05, 0) is 45.7 Å². The van der Waals surface area contributed by atoms with E-state index in [1.165, 1.54) is 4.31 Å². The maximum absolute atomic E-state index is 12.8. The van der Waals surface area contributed by atoms with E-state index >= 15 is 0 Å². The molecule has 3 heterocycles. The maximum Gasteiger partial charge on any atom is 0.243 e. The van der Waals surface area contributed by atoms with Crippen LogP contribution < -0.4 is 5.73 Å². The van der Waals surface area contributed by atoms with Crippen molar-refractivity contribution in [3.63, 3.8) is 0 Å². The van der Waals surface area contributed by atoms with Gasteiger partial charge >= 0.3 is 0 Å². The van der Waals surface area contributed by atoms with Gasteiger partial charge in [-0.25, -0.2) is 13.1 Å². The molecule has 9 nitrogen and oxygen atoms in total. The monoisotopic (exact) mass is 430 g/mol. The van der Waals surface area contributed by atoms with E-state index in [1.807, 2.05) is 20.8 Å². The molecule has 0 aliphatic carbocycles. The van der Waals surface area contributed by atoms with E-state index in [1.54, 1.807) is 41.2 Å². The number of nitrogens with zero attached hydrogens (tertiary/aromatic N) is 5. The van der Waals surface area contributed by atoms with Crippen LogP contribution >= 0.6 is 0 Å². The van der Waals surface area contributed by atoms with Crippen molar-refractivity contribution in [2.45, 2.75) is 50.0 Å². The van der Waals surface area contributed by atoms with Gasteiger partial charge in [-0.1, -0.05) is 23.4 Å². The Balaban J connectivity index is 1.47. The molecule has 0 atom stereocenters. The molecule has 0 bridgehead atoms. The molecule has 1 saturated heterocycles. The van der Waals surface area contributed by atoms with Crippen LogP contribution in [0.1, 0.15) is 45.4 Å². The standard InChI is InChI=1S/C20H26N6O3S/c1-20(2,3)26-17(21)16(13-22-26)18-23-19(29-24-18)14-9-11-25(12-10-14)30(27,28)15-7-5-4-6-8-15/h4-8,13-14H,9-12,21H2,1-3H3. The van der Waals surface area contributed by atoms with Crippen LogP contribution in [0.15, 0.2) is 45.9 Å². The highest BCUT2D eigenvalue weighted by molar-refractivity contribution is 7.89. The lowest BCUT2D eigenvalue weighted by Gasteiger charge is -2.29. The summed E-state index contributed by atoms with van der Waals surface area (Å²) in [5.74, 6) is 1.40. The molecule has 1 aliphatic heterocycles. The lowest BCUT2D eigenvalue weighted by Crippen LogP contribution is -2.37. The summed E-state index contributed by atoms with van der Waals surface area (Å²) in [6, 6.07) is 8.50. The molecule has 10 heteroatoms. The number of nitrogens with two attached hydrogens (primary N) is 1. The van der Waals surface area contributed by atoms with Gasteiger partial charge in [-0.2, -0.15) is 14.4 Å². The average Bonchev–Trinajstić information content (AvgIpc) is 3.35. The van der Waals surface area contributed by atoms with Crippen LogP contribution in [0.2, 0.25) is 0 Å². The van der Waals surface area contributed by atoms with Gasteiger partial charge in [0.25, 0.3) is 0 Å². The molecule has 0 unspecified atom stereocenters. The average molecular weight is 431 g/mol. The molecule has 1 fully saturated rings. The molecular formula is C20H26N6O3S. The predicted octanol–water partition coefficient (Wildman–Crippen LogP) is 2.84. The van der Waals surface area contributed by atoms with Crippen molar-refractivity contribution < 1.29 is 12.9 Å². The summed E-state index contributed by atoms with van der Waals surface area (Å²) in [6.07, 6.45) is 2.87. The summed E-state index contributed by atoms with van der Waals surface area (Å²) in [7, 11) is -3.48. The number of benzene rings is 1. The van der Waals surface area contributed by atoms with E-state index < -0.39 is 10.0 Å². The summed E-state index contributed by atoms with van der Waals surface area (Å²) < 4.78 is 34.3. The first-order valence-electron chi connectivity index (χ1n) is 9.91. The van der Waals surface area contributed by atoms with Crippen molar-refractivity contribution in [2.75, 3.05) is 18.8 Å². The van der Waals surface area contributed by atoms with Crippen molar-refractivity contribution in [1.29, 1.82) is 0 Å². The summed E-state index contributed by atoms with van der Waals surface area (Å²) in [5, 5.41) is 8.43. The minimum Gasteiger partial charge on any atom is -0.383 e. The van der Waals surface area contributed by atoms with Crippen molar-refractivity contribution in [1.82, 2.24) is 24.2 Å². The summed E-state index contributed by atoms with van der Waals surface area (Å²) >= 11 is 0. The summed E-state index contributed by atoms with van der Waals surface area (Å²) in [5.41, 5.74) is 6.61. The van der Waals surface area contributed by atoms with E-state index in [9.17, 15) is 8.42 Å². The SMILES string of the molecule is CC(C)(C)n1ncc(-c2noc(C3CCN(S(=O)(=O)c4ccccc4)CC3)n2)c1N. The Bertz CT molecular complexity index is 1120. The highest BCUT2D eigenvalue weighted by Gasteiger charge is 2.32. The normalized spacial score (nSPS) is 16.8. The molecular weight excluding hydrogens is 404 g/mol. The van der Waals surface area contributed by atoms with Crippen LogP contribution in [0.25, 0.3) is 11.4 Å². The third-order valence-corrected chi connectivity index (χ3v) is 7.22. The summed E-state index contributed by atoms with van der Waals surface area (Å²) in [6.45, 7) is 6.85. The lowest BCUT2D eigenvalue weighted by atomic mass is 9.98. The first-order chi connectivity index (χ1) is 14.2. The topological polar surface area (TPSA) is 120 Å². The smallest absolute Gasteiger partial charge is 0.243 e. The number of rotatable bonds is 4. The molecule has 0 saturated carbocycles. The highest BCUT2D eigenvalue weighted by Crippen LogP contribution is 2.32.